The Hall–Kier alpha value is -3.19. The van der Waals surface area contributed by atoms with Gasteiger partial charge in [0.1, 0.15) is 11.3 Å². The second-order valence-corrected chi connectivity index (χ2v) is 8.15. The summed E-state index contributed by atoms with van der Waals surface area (Å²) in [7, 11) is 2.01. The molecule has 0 bridgehead atoms. The molecule has 0 amide bonds. The number of furan rings is 1. The maximum Gasteiger partial charge on any atom is 0.294 e. The fourth-order valence-electron chi connectivity index (χ4n) is 4.05. The fourth-order valence-corrected chi connectivity index (χ4v) is 4.05. The van der Waals surface area contributed by atoms with E-state index in [1.165, 1.54) is 11.9 Å². The second-order valence-electron chi connectivity index (χ2n) is 8.15. The van der Waals surface area contributed by atoms with E-state index in [1.54, 1.807) is 0 Å². The number of anilines is 1. The van der Waals surface area contributed by atoms with Crippen LogP contribution >= 0.6 is 0 Å². The van der Waals surface area contributed by atoms with Gasteiger partial charge in [0, 0.05) is 25.6 Å². The number of benzene rings is 1. The molecule has 29 heavy (non-hydrogen) atoms. The van der Waals surface area contributed by atoms with Gasteiger partial charge in [0.25, 0.3) is 5.56 Å². The summed E-state index contributed by atoms with van der Waals surface area (Å²) in [6.07, 6.45) is 2.10. The van der Waals surface area contributed by atoms with E-state index >= 15 is 0 Å². The highest BCUT2D eigenvalue weighted by atomic mass is 16.5. The van der Waals surface area contributed by atoms with Crippen molar-refractivity contribution in [3.05, 3.63) is 63.7 Å². The van der Waals surface area contributed by atoms with Gasteiger partial charge in [-0.25, -0.2) is 4.98 Å². The monoisotopic (exact) mass is 390 g/mol. The highest BCUT2D eigenvalue weighted by molar-refractivity contribution is 6.04. The van der Waals surface area contributed by atoms with Gasteiger partial charge in [-0.1, -0.05) is 30.3 Å². The lowest BCUT2D eigenvalue weighted by Gasteiger charge is -2.34. The van der Waals surface area contributed by atoms with Gasteiger partial charge in [0.05, 0.1) is 23.9 Å². The zero-order chi connectivity index (χ0) is 20.2. The summed E-state index contributed by atoms with van der Waals surface area (Å²) in [6.45, 7) is 5.29. The third kappa shape index (κ3) is 2.98. The van der Waals surface area contributed by atoms with Gasteiger partial charge in [-0.2, -0.15) is 4.98 Å². The Bertz CT molecular complexity index is 1270. The van der Waals surface area contributed by atoms with E-state index in [1.807, 2.05) is 25.2 Å². The summed E-state index contributed by atoms with van der Waals surface area (Å²) >= 11 is 0. The highest BCUT2D eigenvalue weighted by Crippen LogP contribution is 2.40. The van der Waals surface area contributed by atoms with Crippen molar-refractivity contribution in [1.82, 2.24) is 15.0 Å². The number of aromatic nitrogens is 3. The van der Waals surface area contributed by atoms with E-state index in [9.17, 15) is 4.79 Å². The molecule has 0 aliphatic carbocycles. The largest absolute Gasteiger partial charge is 0.430 e. The van der Waals surface area contributed by atoms with Crippen LogP contribution in [0.3, 0.4) is 0 Å². The fraction of sp³-hybridized carbons (Fsp3) is 0.318. The molecule has 1 aliphatic rings. The number of hydrogen-bond donors (Lipinski definition) is 1. The van der Waals surface area contributed by atoms with Gasteiger partial charge in [-0.15, -0.1) is 0 Å². The number of rotatable bonds is 3. The number of aromatic amines is 1. The molecule has 7 nitrogen and oxygen atoms in total. The summed E-state index contributed by atoms with van der Waals surface area (Å²) in [5, 5.41) is 0.814. The molecule has 0 unspecified atom stereocenters. The average Bonchev–Trinajstić information content (AvgIpc) is 3.07. The molecule has 1 N–H and O–H groups in total. The lowest BCUT2D eigenvalue weighted by atomic mass is 9.90. The summed E-state index contributed by atoms with van der Waals surface area (Å²) in [5.41, 5.74) is 3.90. The van der Waals surface area contributed by atoms with Gasteiger partial charge in [0.2, 0.25) is 11.3 Å². The Balaban J connectivity index is 1.74. The van der Waals surface area contributed by atoms with E-state index in [0.717, 1.165) is 22.3 Å². The van der Waals surface area contributed by atoms with Gasteiger partial charge >= 0.3 is 0 Å². The number of nitrogens with one attached hydrogen (secondary N) is 1. The van der Waals surface area contributed by atoms with Crippen LogP contribution in [0.2, 0.25) is 0 Å². The molecule has 0 radical (unpaired) electrons. The molecule has 3 aromatic heterocycles. The lowest BCUT2D eigenvalue weighted by molar-refractivity contribution is -0.0395. The van der Waals surface area contributed by atoms with Crippen molar-refractivity contribution in [1.29, 1.82) is 0 Å². The van der Waals surface area contributed by atoms with Crippen molar-refractivity contribution < 1.29 is 9.15 Å². The van der Waals surface area contributed by atoms with Crippen LogP contribution in [0.15, 0.2) is 45.9 Å². The minimum atomic E-state index is -0.318. The molecular formula is C22H22N4O3. The van der Waals surface area contributed by atoms with Crippen LogP contribution in [-0.4, -0.2) is 27.6 Å². The standard InChI is InChI=1S/C22H22N4O3/c1-22(2)9-14-15(11-28-22)19(26(3)10-13-7-5-4-6-8-13)25-21-16(14)17-18(29-21)20(27)24-12-23-17/h4-8,12H,9-11H2,1-3H3,(H,23,24,27). The Morgan fingerprint density at radius 1 is 1.21 bits per heavy atom. The molecule has 4 heterocycles. The van der Waals surface area contributed by atoms with Crippen LogP contribution in [-0.2, 0) is 24.3 Å². The van der Waals surface area contributed by atoms with Crippen molar-refractivity contribution >= 4 is 28.0 Å². The third-order valence-electron chi connectivity index (χ3n) is 5.44. The average molecular weight is 390 g/mol. The van der Waals surface area contributed by atoms with Gasteiger partial charge < -0.3 is 19.0 Å². The van der Waals surface area contributed by atoms with Crippen molar-refractivity contribution in [2.24, 2.45) is 0 Å². The molecule has 0 saturated heterocycles. The van der Waals surface area contributed by atoms with E-state index < -0.39 is 0 Å². The van der Waals surface area contributed by atoms with Gasteiger partial charge in [-0.3, -0.25) is 4.79 Å². The van der Waals surface area contributed by atoms with Crippen LogP contribution < -0.4 is 10.5 Å². The van der Waals surface area contributed by atoms with Crippen molar-refractivity contribution in [2.45, 2.75) is 39.0 Å². The first-order valence-corrected chi connectivity index (χ1v) is 9.63. The zero-order valence-electron chi connectivity index (χ0n) is 16.7. The smallest absolute Gasteiger partial charge is 0.294 e. The first-order chi connectivity index (χ1) is 13.9. The van der Waals surface area contributed by atoms with Crippen LogP contribution in [0.25, 0.3) is 22.2 Å². The van der Waals surface area contributed by atoms with Crippen LogP contribution in [0.1, 0.15) is 30.5 Å². The van der Waals surface area contributed by atoms with E-state index in [0.29, 0.717) is 30.8 Å². The topological polar surface area (TPSA) is 84.3 Å². The molecule has 4 aromatic rings. The molecule has 0 fully saturated rings. The molecule has 0 atom stereocenters. The molecular weight excluding hydrogens is 368 g/mol. The lowest BCUT2D eigenvalue weighted by Crippen LogP contribution is -2.33. The first-order valence-electron chi connectivity index (χ1n) is 9.63. The molecule has 0 saturated carbocycles. The quantitative estimate of drug-likeness (QED) is 0.576. The van der Waals surface area contributed by atoms with Gasteiger partial charge in [-0.05, 0) is 25.0 Å². The predicted octanol–water partition coefficient (Wildman–Crippen LogP) is 3.55. The predicted molar refractivity (Wildman–Crippen MR) is 111 cm³/mol. The van der Waals surface area contributed by atoms with Crippen molar-refractivity contribution in [2.75, 3.05) is 11.9 Å². The number of nitrogens with zero attached hydrogens (tertiary/aromatic N) is 3. The number of hydrogen-bond acceptors (Lipinski definition) is 6. The highest BCUT2D eigenvalue weighted by Gasteiger charge is 2.33. The maximum atomic E-state index is 12.3. The third-order valence-corrected chi connectivity index (χ3v) is 5.44. The summed E-state index contributed by atoms with van der Waals surface area (Å²) in [5.74, 6) is 0.808. The van der Waals surface area contributed by atoms with Crippen LogP contribution in [0, 0.1) is 0 Å². The molecule has 1 aliphatic heterocycles. The van der Waals surface area contributed by atoms with Crippen LogP contribution in [0.4, 0.5) is 5.82 Å². The minimum Gasteiger partial charge on any atom is -0.430 e. The van der Waals surface area contributed by atoms with E-state index in [4.69, 9.17) is 14.1 Å². The molecule has 7 heteroatoms. The van der Waals surface area contributed by atoms with Gasteiger partial charge in [0.15, 0.2) is 0 Å². The Morgan fingerprint density at radius 3 is 2.79 bits per heavy atom. The SMILES string of the molecule is CN(Cc1ccccc1)c1nc2oc3c(=O)[nH]cnc3c2c2c1COC(C)(C)C2. The molecule has 148 valence electrons. The summed E-state index contributed by atoms with van der Waals surface area (Å²) in [4.78, 5) is 26.1. The maximum absolute atomic E-state index is 12.3. The molecule has 5 rings (SSSR count). The number of pyridine rings is 1. The van der Waals surface area contributed by atoms with E-state index in [2.05, 4.69) is 40.8 Å². The minimum absolute atomic E-state index is 0.212. The van der Waals surface area contributed by atoms with Crippen molar-refractivity contribution in [3.63, 3.8) is 0 Å². The Labute approximate surface area is 167 Å². The summed E-state index contributed by atoms with van der Waals surface area (Å²) in [6, 6.07) is 10.2. The first kappa shape index (κ1) is 17.9. The number of fused-ring (bicyclic) bond motifs is 5. The molecule has 1 aromatic carbocycles. The Kier molecular flexibility index (Phi) is 3.96. The van der Waals surface area contributed by atoms with E-state index in [-0.39, 0.29) is 16.7 Å². The van der Waals surface area contributed by atoms with Crippen molar-refractivity contribution in [3.8, 4) is 0 Å². The number of ether oxygens (including phenoxy) is 1. The summed E-state index contributed by atoms with van der Waals surface area (Å²) < 4.78 is 12.0. The zero-order valence-corrected chi connectivity index (χ0v) is 16.7. The normalized spacial score (nSPS) is 15.6. The number of H-pyrrole nitrogens is 1. The van der Waals surface area contributed by atoms with Crippen LogP contribution in [0.5, 0.6) is 0 Å². The molecule has 0 spiro atoms. The second kappa shape index (κ2) is 6.42. The Morgan fingerprint density at radius 2 is 2.00 bits per heavy atom.